The zero-order chi connectivity index (χ0) is 20.7. The number of halogens is 4. The molecule has 2 atom stereocenters. The first-order valence-electron chi connectivity index (χ1n) is 8.75. The lowest BCUT2D eigenvalue weighted by atomic mass is 9.86. The summed E-state index contributed by atoms with van der Waals surface area (Å²) in [6.45, 7) is 4.26. The summed E-state index contributed by atoms with van der Waals surface area (Å²) in [7, 11) is 0. The first kappa shape index (κ1) is 20.0. The molecule has 8 heteroatoms. The number of fused-ring (bicyclic) bond motifs is 1. The van der Waals surface area contributed by atoms with Gasteiger partial charge in [0.2, 0.25) is 0 Å². The van der Waals surface area contributed by atoms with Crippen LogP contribution in [-0.2, 0) is 4.79 Å². The Bertz CT molecular complexity index is 834. The van der Waals surface area contributed by atoms with Crippen molar-refractivity contribution in [1.82, 2.24) is 15.5 Å². The fourth-order valence-corrected chi connectivity index (χ4v) is 3.24. The minimum absolute atomic E-state index is 0.0356. The van der Waals surface area contributed by atoms with Gasteiger partial charge in [-0.3, -0.25) is 4.79 Å². The van der Waals surface area contributed by atoms with Crippen molar-refractivity contribution < 1.29 is 22.4 Å². The summed E-state index contributed by atoms with van der Waals surface area (Å²) in [5.74, 6) is -1.25. The van der Waals surface area contributed by atoms with Gasteiger partial charge in [0.05, 0.1) is 5.70 Å². The molecule has 2 N–H and O–H groups in total. The largest absolute Gasteiger partial charge is 0.409 e. The van der Waals surface area contributed by atoms with Crippen molar-refractivity contribution in [2.24, 2.45) is 5.41 Å². The number of rotatable bonds is 3. The summed E-state index contributed by atoms with van der Waals surface area (Å²) >= 11 is 0. The van der Waals surface area contributed by atoms with Gasteiger partial charge in [0.1, 0.15) is 23.7 Å². The molecule has 0 aromatic heterocycles. The highest BCUT2D eigenvalue weighted by Gasteiger charge is 2.48. The molecule has 0 saturated heterocycles. The highest BCUT2D eigenvalue weighted by Crippen LogP contribution is 2.36. The summed E-state index contributed by atoms with van der Waals surface area (Å²) in [6, 6.07) is 3.69. The van der Waals surface area contributed by atoms with E-state index >= 15 is 0 Å². The van der Waals surface area contributed by atoms with E-state index in [2.05, 4.69) is 10.6 Å². The average molecular weight is 395 g/mol. The van der Waals surface area contributed by atoms with Crippen LogP contribution in [0.4, 0.5) is 17.6 Å². The maximum atomic E-state index is 13.5. The molecular formula is C20H21F4N3O. The monoisotopic (exact) mass is 395 g/mol. The highest BCUT2D eigenvalue weighted by molar-refractivity contribution is 5.95. The third-order valence-electron chi connectivity index (χ3n) is 4.59. The minimum Gasteiger partial charge on any atom is -0.355 e. The van der Waals surface area contributed by atoms with Gasteiger partial charge in [-0.2, -0.15) is 13.2 Å². The van der Waals surface area contributed by atoms with Crippen LogP contribution in [0, 0.1) is 11.2 Å². The van der Waals surface area contributed by atoms with Gasteiger partial charge in [-0.25, -0.2) is 4.39 Å². The van der Waals surface area contributed by atoms with E-state index in [-0.39, 0.29) is 5.70 Å². The number of carbonyl (C=O) groups is 1. The first-order chi connectivity index (χ1) is 13.0. The third-order valence-corrected chi connectivity index (χ3v) is 4.59. The lowest BCUT2D eigenvalue weighted by Gasteiger charge is -2.33. The number of alkyl halides is 3. The Kier molecular flexibility index (Phi) is 4.99. The van der Waals surface area contributed by atoms with E-state index in [0.717, 1.165) is 0 Å². The molecule has 4 nitrogen and oxygen atoms in total. The smallest absolute Gasteiger partial charge is 0.355 e. The van der Waals surface area contributed by atoms with Gasteiger partial charge in [0, 0.05) is 6.20 Å². The van der Waals surface area contributed by atoms with Gasteiger partial charge in [0.25, 0.3) is 5.91 Å². The number of nitrogens with one attached hydrogen (secondary N) is 2. The molecule has 1 amide bonds. The molecule has 150 valence electrons. The molecule has 0 saturated carbocycles. The third kappa shape index (κ3) is 3.90. The second-order valence-electron chi connectivity index (χ2n) is 7.78. The number of hydrogen-bond acceptors (Lipinski definition) is 3. The lowest BCUT2D eigenvalue weighted by Crippen LogP contribution is -2.54. The van der Waals surface area contributed by atoms with Gasteiger partial charge >= 0.3 is 6.18 Å². The van der Waals surface area contributed by atoms with E-state index in [9.17, 15) is 22.4 Å². The molecule has 0 bridgehead atoms. The summed E-state index contributed by atoms with van der Waals surface area (Å²) in [5, 5.41) is 5.10. The Balaban J connectivity index is 1.90. The first-order valence-corrected chi connectivity index (χ1v) is 8.75. The van der Waals surface area contributed by atoms with Crippen molar-refractivity contribution in [3.8, 4) is 0 Å². The Labute approximate surface area is 160 Å². The molecule has 2 heterocycles. The average Bonchev–Trinajstić information content (AvgIpc) is 2.98. The molecule has 1 aromatic rings. The van der Waals surface area contributed by atoms with Crippen molar-refractivity contribution in [3.05, 3.63) is 71.5 Å². The molecule has 0 radical (unpaired) electrons. The molecule has 2 aliphatic heterocycles. The standard InChI is InChI=1S/C20H21F4N3O/c1-19(2,3)18(20(22,23)24)26-17(28)15-14-6-4-5-11-27(14)16(25-15)12-7-9-13(21)10-8-12/h4-11,16,18,25H,1-3H3,(H,26,28)/t16?,18-/m0/s1. The predicted octanol–water partition coefficient (Wildman–Crippen LogP) is 4.12. The second-order valence-corrected chi connectivity index (χ2v) is 7.78. The van der Waals surface area contributed by atoms with Gasteiger partial charge < -0.3 is 15.5 Å². The molecule has 2 aliphatic rings. The van der Waals surface area contributed by atoms with Gasteiger partial charge in [0.15, 0.2) is 0 Å². The predicted molar refractivity (Wildman–Crippen MR) is 96.9 cm³/mol. The molecule has 0 spiro atoms. The van der Waals surface area contributed by atoms with Crippen molar-refractivity contribution in [1.29, 1.82) is 0 Å². The number of nitrogens with zero attached hydrogens (tertiary/aromatic N) is 1. The Morgan fingerprint density at radius 3 is 2.36 bits per heavy atom. The van der Waals surface area contributed by atoms with Crippen molar-refractivity contribution >= 4 is 5.91 Å². The van der Waals surface area contributed by atoms with Crippen LogP contribution < -0.4 is 10.6 Å². The molecular weight excluding hydrogens is 374 g/mol. The lowest BCUT2D eigenvalue weighted by molar-refractivity contribution is -0.180. The van der Waals surface area contributed by atoms with E-state index < -0.39 is 35.5 Å². The quantitative estimate of drug-likeness (QED) is 0.757. The molecule has 0 aliphatic carbocycles. The van der Waals surface area contributed by atoms with Crippen LogP contribution in [-0.4, -0.2) is 23.0 Å². The van der Waals surface area contributed by atoms with Crippen LogP contribution in [0.25, 0.3) is 0 Å². The van der Waals surface area contributed by atoms with E-state index in [1.807, 2.05) is 0 Å². The summed E-state index contributed by atoms with van der Waals surface area (Å²) in [5.41, 5.74) is -0.0572. The van der Waals surface area contributed by atoms with Gasteiger partial charge in [-0.05, 0) is 35.3 Å². The van der Waals surface area contributed by atoms with Crippen molar-refractivity contribution in [2.75, 3.05) is 0 Å². The Morgan fingerprint density at radius 1 is 1.14 bits per heavy atom. The van der Waals surface area contributed by atoms with Crippen LogP contribution in [0.3, 0.4) is 0 Å². The second kappa shape index (κ2) is 7.00. The van der Waals surface area contributed by atoms with E-state index in [1.165, 1.54) is 32.9 Å². The minimum atomic E-state index is -4.59. The van der Waals surface area contributed by atoms with E-state index in [4.69, 9.17) is 0 Å². The SMILES string of the molecule is CC(C)(C)[C@H](NC(=O)C1=C2C=CC=CN2C(c2ccc(F)cc2)N1)C(F)(F)F. The van der Waals surface area contributed by atoms with Crippen LogP contribution in [0.5, 0.6) is 0 Å². The Hall–Kier alpha value is -2.77. The number of carbonyl (C=O) groups excluding carboxylic acids is 1. The molecule has 28 heavy (non-hydrogen) atoms. The fourth-order valence-electron chi connectivity index (χ4n) is 3.24. The fraction of sp³-hybridized carbons (Fsp3) is 0.350. The van der Waals surface area contributed by atoms with E-state index in [1.54, 1.807) is 41.5 Å². The molecule has 1 unspecified atom stereocenters. The molecule has 0 fully saturated rings. The van der Waals surface area contributed by atoms with E-state index in [0.29, 0.717) is 11.3 Å². The highest BCUT2D eigenvalue weighted by atomic mass is 19.4. The number of benzene rings is 1. The summed E-state index contributed by atoms with van der Waals surface area (Å²) in [4.78, 5) is 14.5. The van der Waals surface area contributed by atoms with Crippen LogP contribution in [0.1, 0.15) is 32.5 Å². The topological polar surface area (TPSA) is 44.4 Å². The molecule has 1 aromatic carbocycles. The normalized spacial score (nSPS) is 20.1. The van der Waals surface area contributed by atoms with Crippen LogP contribution >= 0.6 is 0 Å². The van der Waals surface area contributed by atoms with Crippen LogP contribution in [0.15, 0.2) is 60.1 Å². The van der Waals surface area contributed by atoms with Crippen molar-refractivity contribution in [2.45, 2.75) is 39.2 Å². The molecule has 3 rings (SSSR count). The Morgan fingerprint density at radius 2 is 1.79 bits per heavy atom. The van der Waals surface area contributed by atoms with Gasteiger partial charge in [-0.15, -0.1) is 0 Å². The van der Waals surface area contributed by atoms with Crippen molar-refractivity contribution in [3.63, 3.8) is 0 Å². The number of amides is 1. The van der Waals surface area contributed by atoms with Crippen LogP contribution in [0.2, 0.25) is 0 Å². The zero-order valence-corrected chi connectivity index (χ0v) is 15.6. The van der Waals surface area contributed by atoms with Gasteiger partial charge in [-0.1, -0.05) is 39.0 Å². The maximum absolute atomic E-state index is 13.5. The zero-order valence-electron chi connectivity index (χ0n) is 15.6. The maximum Gasteiger partial charge on any atom is 0.409 e. The number of hydrogen-bond donors (Lipinski definition) is 2. The number of allylic oxidation sites excluding steroid dienone is 3. The summed E-state index contributed by atoms with van der Waals surface area (Å²) in [6.07, 6.45) is 1.68. The summed E-state index contributed by atoms with van der Waals surface area (Å²) < 4.78 is 53.6.